The quantitative estimate of drug-likeness (QED) is 0.544. The van der Waals surface area contributed by atoms with E-state index < -0.39 is 18.2 Å². The second-order valence-electron chi connectivity index (χ2n) is 8.86. The maximum absolute atomic E-state index is 13.1. The summed E-state index contributed by atoms with van der Waals surface area (Å²) in [6, 6.07) is 6.58. The summed E-state index contributed by atoms with van der Waals surface area (Å²) in [7, 11) is 0. The minimum absolute atomic E-state index is 0.0885. The summed E-state index contributed by atoms with van der Waals surface area (Å²) < 4.78 is 0. The van der Waals surface area contributed by atoms with Gasteiger partial charge < -0.3 is 25.5 Å². The van der Waals surface area contributed by atoms with Crippen LogP contribution in [0.4, 0.5) is 0 Å². The Labute approximate surface area is 203 Å². The highest BCUT2D eigenvalue weighted by Gasteiger charge is 2.42. The fourth-order valence-corrected chi connectivity index (χ4v) is 5.40. The van der Waals surface area contributed by atoms with Crippen LogP contribution < -0.4 is 10.6 Å². The molecular formula is C24H31N5O4S. The van der Waals surface area contributed by atoms with Crippen LogP contribution >= 0.6 is 11.8 Å². The minimum Gasteiger partial charge on any atom is -0.391 e. The predicted molar refractivity (Wildman–Crippen MR) is 132 cm³/mol. The molecule has 3 amide bonds. The van der Waals surface area contributed by atoms with E-state index in [2.05, 4.69) is 15.6 Å². The number of nitrogens with one attached hydrogen (secondary N) is 2. The van der Waals surface area contributed by atoms with Crippen molar-refractivity contribution in [2.24, 2.45) is 4.99 Å². The van der Waals surface area contributed by atoms with Crippen LogP contribution in [0.15, 0.2) is 35.0 Å². The second-order valence-corrected chi connectivity index (χ2v) is 9.69. The number of aliphatic hydroxyl groups excluding tert-OH is 1. The van der Waals surface area contributed by atoms with Crippen molar-refractivity contribution in [2.45, 2.75) is 45.0 Å². The number of aliphatic hydroxyl groups is 1. The summed E-state index contributed by atoms with van der Waals surface area (Å²) in [6.07, 6.45) is -0.581. The van der Waals surface area contributed by atoms with Crippen LogP contribution in [0.2, 0.25) is 0 Å². The van der Waals surface area contributed by atoms with Crippen molar-refractivity contribution in [1.29, 1.82) is 0 Å². The number of β-amino-alcohol motifs (C(OH)–C–C–N with tert-alkyl or cyclic N) is 1. The zero-order chi connectivity index (χ0) is 24.2. The molecule has 1 aromatic rings. The third-order valence-corrected chi connectivity index (χ3v) is 7.28. The smallest absolute Gasteiger partial charge is 0.245 e. The molecule has 182 valence electrons. The number of thioether (sulfide) groups is 1. The van der Waals surface area contributed by atoms with Crippen molar-refractivity contribution >= 4 is 40.6 Å². The molecule has 3 aliphatic rings. The van der Waals surface area contributed by atoms with Gasteiger partial charge in [0.1, 0.15) is 12.1 Å². The van der Waals surface area contributed by atoms with Crippen LogP contribution in [0.5, 0.6) is 0 Å². The molecule has 34 heavy (non-hydrogen) atoms. The first-order chi connectivity index (χ1) is 16.3. The van der Waals surface area contributed by atoms with E-state index in [9.17, 15) is 19.5 Å². The summed E-state index contributed by atoms with van der Waals surface area (Å²) in [5, 5.41) is 16.1. The van der Waals surface area contributed by atoms with Crippen LogP contribution in [0, 0.1) is 0 Å². The van der Waals surface area contributed by atoms with E-state index in [1.807, 2.05) is 36.7 Å². The Morgan fingerprint density at radius 2 is 2.09 bits per heavy atom. The Bertz CT molecular complexity index is 1010. The van der Waals surface area contributed by atoms with Crippen molar-refractivity contribution in [3.63, 3.8) is 0 Å². The monoisotopic (exact) mass is 485 g/mol. The molecule has 10 heteroatoms. The fraction of sp³-hybridized carbons (Fsp3) is 0.500. The summed E-state index contributed by atoms with van der Waals surface area (Å²) in [5.41, 5.74) is 6.14. The van der Waals surface area contributed by atoms with E-state index in [1.54, 1.807) is 18.7 Å². The molecule has 0 aliphatic carbocycles. The first kappa shape index (κ1) is 24.4. The SMILES string of the molecule is CC1=C(c2ccc(CNC(=O)[C@@H]3C[C@@H](O)CN3C(=O)C(C)N3CCNCC3=O)cc2)CSC=N1. The second kappa shape index (κ2) is 10.7. The number of piperazine rings is 1. The van der Waals surface area contributed by atoms with Gasteiger partial charge in [0.15, 0.2) is 0 Å². The fourth-order valence-electron chi connectivity index (χ4n) is 4.55. The van der Waals surface area contributed by atoms with E-state index in [0.717, 1.165) is 22.6 Å². The Morgan fingerprint density at radius 3 is 2.79 bits per heavy atom. The Hall–Kier alpha value is -2.69. The largest absolute Gasteiger partial charge is 0.391 e. The molecule has 0 radical (unpaired) electrons. The molecule has 2 fully saturated rings. The lowest BCUT2D eigenvalue weighted by molar-refractivity contribution is -0.148. The van der Waals surface area contributed by atoms with Crippen LogP contribution in [-0.4, -0.2) is 88.3 Å². The molecule has 9 nitrogen and oxygen atoms in total. The Morgan fingerprint density at radius 1 is 1.32 bits per heavy atom. The van der Waals surface area contributed by atoms with Gasteiger partial charge in [0.2, 0.25) is 17.7 Å². The molecule has 0 saturated carbocycles. The molecule has 1 unspecified atom stereocenters. The summed E-state index contributed by atoms with van der Waals surface area (Å²) >= 11 is 1.66. The summed E-state index contributed by atoms with van der Waals surface area (Å²) in [4.78, 5) is 45.6. The van der Waals surface area contributed by atoms with Crippen LogP contribution in [0.3, 0.4) is 0 Å². The van der Waals surface area contributed by atoms with E-state index >= 15 is 0 Å². The molecule has 1 aromatic carbocycles. The summed E-state index contributed by atoms with van der Waals surface area (Å²) in [6.45, 7) is 5.36. The number of likely N-dealkylation sites (tertiary alicyclic amines) is 1. The number of hydrogen-bond donors (Lipinski definition) is 3. The highest BCUT2D eigenvalue weighted by molar-refractivity contribution is 8.12. The molecule has 0 spiro atoms. The highest BCUT2D eigenvalue weighted by Crippen LogP contribution is 2.27. The Balaban J connectivity index is 1.37. The van der Waals surface area contributed by atoms with Crippen LogP contribution in [0.1, 0.15) is 31.4 Å². The lowest BCUT2D eigenvalue weighted by atomic mass is 10.0. The number of carbonyl (C=O) groups excluding carboxylic acids is 3. The summed E-state index contributed by atoms with van der Waals surface area (Å²) in [5.74, 6) is 0.135. The van der Waals surface area contributed by atoms with Crippen LogP contribution in [0.25, 0.3) is 5.57 Å². The molecular weight excluding hydrogens is 454 g/mol. The number of nitrogens with zero attached hydrogens (tertiary/aromatic N) is 3. The number of allylic oxidation sites excluding steroid dienone is 1. The van der Waals surface area contributed by atoms with Gasteiger partial charge in [0.05, 0.1) is 18.2 Å². The number of aliphatic imine (C=N–C) groups is 1. The van der Waals surface area contributed by atoms with Crippen molar-refractivity contribution in [1.82, 2.24) is 20.4 Å². The van der Waals surface area contributed by atoms with Crippen molar-refractivity contribution in [2.75, 3.05) is 31.9 Å². The zero-order valence-electron chi connectivity index (χ0n) is 19.5. The minimum atomic E-state index is -0.766. The van der Waals surface area contributed by atoms with Gasteiger partial charge in [-0.2, -0.15) is 0 Å². The molecule has 3 N–H and O–H groups in total. The number of carbonyl (C=O) groups is 3. The third-order valence-electron chi connectivity index (χ3n) is 6.57. The standard InChI is InChI=1S/C24H31N5O4S/c1-15-20(13-34-14-27-15)18-5-3-17(4-6-18)10-26-23(32)21-9-19(30)12-29(21)24(33)16(2)28-8-7-25-11-22(28)31/h3-6,14,16,19,21,25,30H,7-13H2,1-2H3,(H,26,32)/t16?,19-,21+/m1/s1. The third kappa shape index (κ3) is 5.34. The first-order valence-corrected chi connectivity index (χ1v) is 12.6. The van der Waals surface area contributed by atoms with Crippen molar-refractivity contribution in [3.05, 3.63) is 41.1 Å². The highest BCUT2D eigenvalue weighted by atomic mass is 32.2. The number of amides is 3. The lowest BCUT2D eigenvalue weighted by Crippen LogP contribution is -2.58. The zero-order valence-corrected chi connectivity index (χ0v) is 20.3. The maximum atomic E-state index is 13.1. The molecule has 2 saturated heterocycles. The Kier molecular flexibility index (Phi) is 7.70. The lowest BCUT2D eigenvalue weighted by Gasteiger charge is -2.35. The number of hydrogen-bond acceptors (Lipinski definition) is 7. The van der Waals surface area contributed by atoms with Gasteiger partial charge in [0.25, 0.3) is 0 Å². The number of rotatable bonds is 6. The van der Waals surface area contributed by atoms with Gasteiger partial charge >= 0.3 is 0 Å². The van der Waals surface area contributed by atoms with E-state index in [1.165, 1.54) is 15.4 Å². The molecule has 0 aromatic heterocycles. The van der Waals surface area contributed by atoms with Crippen molar-refractivity contribution < 1.29 is 19.5 Å². The van der Waals surface area contributed by atoms with E-state index in [0.29, 0.717) is 19.6 Å². The van der Waals surface area contributed by atoms with E-state index in [4.69, 9.17) is 0 Å². The molecule has 3 atom stereocenters. The van der Waals surface area contributed by atoms with Gasteiger partial charge in [-0.1, -0.05) is 24.3 Å². The van der Waals surface area contributed by atoms with Gasteiger partial charge in [-0.3, -0.25) is 19.4 Å². The normalized spacial score (nSPS) is 23.9. The molecule has 3 heterocycles. The molecule has 4 rings (SSSR count). The molecule has 0 bridgehead atoms. The maximum Gasteiger partial charge on any atom is 0.245 e. The van der Waals surface area contributed by atoms with Gasteiger partial charge in [-0.15, -0.1) is 11.8 Å². The first-order valence-electron chi connectivity index (χ1n) is 11.5. The van der Waals surface area contributed by atoms with Gasteiger partial charge in [-0.25, -0.2) is 0 Å². The van der Waals surface area contributed by atoms with Crippen molar-refractivity contribution in [3.8, 4) is 0 Å². The van der Waals surface area contributed by atoms with Gasteiger partial charge in [0, 0.05) is 44.0 Å². The predicted octanol–water partition coefficient (Wildman–Crippen LogP) is 0.591. The van der Waals surface area contributed by atoms with Crippen LogP contribution in [-0.2, 0) is 20.9 Å². The topological polar surface area (TPSA) is 114 Å². The average Bonchev–Trinajstić information content (AvgIpc) is 3.24. The van der Waals surface area contributed by atoms with E-state index in [-0.39, 0.29) is 37.2 Å². The molecule has 3 aliphatic heterocycles. The average molecular weight is 486 g/mol. The van der Waals surface area contributed by atoms with Gasteiger partial charge in [-0.05, 0) is 30.5 Å². The number of benzene rings is 1.